The van der Waals surface area contributed by atoms with Gasteiger partial charge in [-0.1, -0.05) is 28.4 Å². The molecule has 0 radical (unpaired) electrons. The van der Waals surface area contributed by atoms with E-state index < -0.39 is 17.7 Å². The van der Waals surface area contributed by atoms with Crippen LogP contribution >= 0.6 is 23.2 Å². The molecule has 0 bridgehead atoms. The van der Waals surface area contributed by atoms with Crippen LogP contribution in [0.2, 0.25) is 10.0 Å². The molecular formula is C15H14Cl2N4O4. The van der Waals surface area contributed by atoms with Gasteiger partial charge >= 0.3 is 11.8 Å². The summed E-state index contributed by atoms with van der Waals surface area (Å²) in [6, 6.07) is 6.03. The van der Waals surface area contributed by atoms with E-state index in [9.17, 15) is 14.4 Å². The molecule has 0 saturated carbocycles. The van der Waals surface area contributed by atoms with Gasteiger partial charge in [0.15, 0.2) is 5.82 Å². The van der Waals surface area contributed by atoms with Crippen LogP contribution in [-0.4, -0.2) is 41.4 Å². The van der Waals surface area contributed by atoms with Gasteiger partial charge in [-0.3, -0.25) is 19.7 Å². The highest BCUT2D eigenvalue weighted by Crippen LogP contribution is 2.24. The van der Waals surface area contributed by atoms with Crippen molar-refractivity contribution in [1.82, 2.24) is 10.1 Å². The van der Waals surface area contributed by atoms with Crippen LogP contribution in [0.3, 0.4) is 0 Å². The van der Waals surface area contributed by atoms with Crippen molar-refractivity contribution in [3.63, 3.8) is 0 Å². The fourth-order valence-corrected chi connectivity index (χ4v) is 2.13. The molecule has 0 aliphatic carbocycles. The van der Waals surface area contributed by atoms with Crippen molar-refractivity contribution in [3.8, 4) is 0 Å². The van der Waals surface area contributed by atoms with E-state index in [-0.39, 0.29) is 17.4 Å². The van der Waals surface area contributed by atoms with Crippen molar-refractivity contribution in [2.24, 2.45) is 0 Å². The summed E-state index contributed by atoms with van der Waals surface area (Å²) in [6.45, 7) is 1.31. The Hall–Kier alpha value is -2.58. The van der Waals surface area contributed by atoms with E-state index >= 15 is 0 Å². The fraction of sp³-hybridized carbons (Fsp3) is 0.200. The minimum absolute atomic E-state index is 0.115. The summed E-state index contributed by atoms with van der Waals surface area (Å²) >= 11 is 11.7. The Morgan fingerprint density at radius 1 is 1.16 bits per heavy atom. The van der Waals surface area contributed by atoms with Crippen molar-refractivity contribution >= 4 is 52.4 Å². The first-order valence-corrected chi connectivity index (χ1v) is 7.76. The van der Waals surface area contributed by atoms with Gasteiger partial charge in [0, 0.05) is 18.8 Å². The largest absolute Gasteiger partial charge is 0.360 e. The molecule has 8 nitrogen and oxygen atoms in total. The second kappa shape index (κ2) is 8.00. The Morgan fingerprint density at radius 2 is 1.88 bits per heavy atom. The Morgan fingerprint density at radius 3 is 2.48 bits per heavy atom. The smallest absolute Gasteiger partial charge is 0.315 e. The van der Waals surface area contributed by atoms with Gasteiger partial charge in [-0.2, -0.15) is 0 Å². The minimum atomic E-state index is -0.932. The number of anilines is 2. The van der Waals surface area contributed by atoms with E-state index in [1.165, 1.54) is 25.2 Å². The molecule has 25 heavy (non-hydrogen) atoms. The van der Waals surface area contributed by atoms with Crippen molar-refractivity contribution in [1.29, 1.82) is 0 Å². The molecule has 1 aromatic carbocycles. The van der Waals surface area contributed by atoms with Crippen molar-refractivity contribution in [2.45, 2.75) is 6.92 Å². The number of hydrogen-bond donors (Lipinski definition) is 2. The number of carbonyl (C=O) groups excluding carboxylic acids is 3. The van der Waals surface area contributed by atoms with Gasteiger partial charge in [0.1, 0.15) is 12.3 Å². The highest BCUT2D eigenvalue weighted by atomic mass is 35.5. The number of carbonyl (C=O) groups is 3. The lowest BCUT2D eigenvalue weighted by atomic mass is 10.3. The lowest BCUT2D eigenvalue weighted by Crippen LogP contribution is -2.41. The molecule has 0 aliphatic rings. The second-order valence-electron chi connectivity index (χ2n) is 5.12. The van der Waals surface area contributed by atoms with Crippen LogP contribution < -0.4 is 10.6 Å². The summed E-state index contributed by atoms with van der Waals surface area (Å²) in [6.07, 6.45) is 0. The van der Waals surface area contributed by atoms with Crippen LogP contribution in [0.4, 0.5) is 11.5 Å². The standard InChI is InChI=1S/C15H14Cl2N4O4/c1-8-5-12(20-25-8)19-14(23)15(24)21(2)7-13(22)18-9-3-4-10(16)11(17)6-9/h3-6H,7H2,1-2H3,(H,18,22)(H,19,20,23). The number of rotatable bonds is 4. The van der Waals surface area contributed by atoms with Gasteiger partial charge in [-0.05, 0) is 25.1 Å². The molecule has 1 aromatic heterocycles. The molecule has 3 amide bonds. The maximum atomic E-state index is 12.0. The first-order chi connectivity index (χ1) is 11.8. The number of nitrogens with zero attached hydrogens (tertiary/aromatic N) is 2. The minimum Gasteiger partial charge on any atom is -0.360 e. The molecule has 0 saturated heterocycles. The SMILES string of the molecule is Cc1cc(NC(=O)C(=O)N(C)CC(=O)Nc2ccc(Cl)c(Cl)c2)no1. The predicted octanol–water partition coefficient (Wildman–Crippen LogP) is 2.33. The van der Waals surface area contributed by atoms with E-state index in [1.807, 2.05) is 0 Å². The lowest BCUT2D eigenvalue weighted by Gasteiger charge is -2.16. The van der Waals surface area contributed by atoms with E-state index in [0.29, 0.717) is 16.5 Å². The average molecular weight is 385 g/mol. The summed E-state index contributed by atoms with van der Waals surface area (Å²) in [5.41, 5.74) is 0.419. The molecular weight excluding hydrogens is 371 g/mol. The molecule has 0 spiro atoms. The number of aromatic nitrogens is 1. The van der Waals surface area contributed by atoms with Crippen LogP contribution in [0.25, 0.3) is 0 Å². The fourth-order valence-electron chi connectivity index (χ4n) is 1.83. The zero-order valence-electron chi connectivity index (χ0n) is 13.3. The third-order valence-electron chi connectivity index (χ3n) is 2.99. The number of halogens is 2. The van der Waals surface area contributed by atoms with Crippen LogP contribution in [0, 0.1) is 6.92 Å². The Kier molecular flexibility index (Phi) is 6.00. The first kappa shape index (κ1) is 18.8. The molecule has 0 unspecified atom stereocenters. The Bertz CT molecular complexity index is 822. The van der Waals surface area contributed by atoms with Gasteiger partial charge in [-0.15, -0.1) is 0 Å². The summed E-state index contributed by atoms with van der Waals surface area (Å²) in [5, 5.41) is 9.02. The summed E-state index contributed by atoms with van der Waals surface area (Å²) in [5.74, 6) is -1.73. The summed E-state index contributed by atoms with van der Waals surface area (Å²) in [7, 11) is 1.32. The highest BCUT2D eigenvalue weighted by Gasteiger charge is 2.22. The second-order valence-corrected chi connectivity index (χ2v) is 5.93. The number of amides is 3. The monoisotopic (exact) mass is 384 g/mol. The van der Waals surface area contributed by atoms with Gasteiger partial charge in [0.05, 0.1) is 10.0 Å². The molecule has 132 valence electrons. The predicted molar refractivity (Wildman–Crippen MR) is 92.6 cm³/mol. The first-order valence-electron chi connectivity index (χ1n) is 7.01. The molecule has 0 aliphatic heterocycles. The van der Waals surface area contributed by atoms with E-state index in [4.69, 9.17) is 27.7 Å². The third kappa shape index (κ3) is 5.20. The zero-order valence-corrected chi connectivity index (χ0v) is 14.8. The van der Waals surface area contributed by atoms with Gasteiger partial charge in [-0.25, -0.2) is 0 Å². The number of nitrogens with one attached hydrogen (secondary N) is 2. The van der Waals surface area contributed by atoms with Gasteiger partial charge in [0.2, 0.25) is 5.91 Å². The molecule has 2 aromatic rings. The van der Waals surface area contributed by atoms with Crippen molar-refractivity contribution < 1.29 is 18.9 Å². The zero-order chi connectivity index (χ0) is 18.6. The quantitative estimate of drug-likeness (QED) is 0.786. The van der Waals surface area contributed by atoms with Gasteiger partial charge < -0.3 is 14.7 Å². The molecule has 10 heteroatoms. The van der Waals surface area contributed by atoms with Crippen LogP contribution in [0.5, 0.6) is 0 Å². The number of likely N-dealkylation sites (N-methyl/N-ethyl adjacent to an activating group) is 1. The van der Waals surface area contributed by atoms with Crippen LogP contribution in [0.15, 0.2) is 28.8 Å². The maximum Gasteiger partial charge on any atom is 0.315 e. The average Bonchev–Trinajstić information content (AvgIpc) is 2.95. The third-order valence-corrected chi connectivity index (χ3v) is 3.73. The van der Waals surface area contributed by atoms with E-state index in [0.717, 1.165) is 4.90 Å². The molecule has 0 atom stereocenters. The molecule has 1 heterocycles. The Balaban J connectivity index is 1.89. The van der Waals surface area contributed by atoms with Crippen molar-refractivity contribution in [2.75, 3.05) is 24.2 Å². The number of aryl methyl sites for hydroxylation is 1. The lowest BCUT2D eigenvalue weighted by molar-refractivity contribution is -0.143. The normalized spacial score (nSPS) is 10.2. The summed E-state index contributed by atoms with van der Waals surface area (Å²) in [4.78, 5) is 36.8. The van der Waals surface area contributed by atoms with Crippen molar-refractivity contribution in [3.05, 3.63) is 40.1 Å². The van der Waals surface area contributed by atoms with Gasteiger partial charge in [0.25, 0.3) is 0 Å². The molecule has 0 fully saturated rings. The van der Waals surface area contributed by atoms with E-state index in [2.05, 4.69) is 15.8 Å². The number of benzene rings is 1. The van der Waals surface area contributed by atoms with Crippen LogP contribution in [-0.2, 0) is 14.4 Å². The summed E-state index contributed by atoms with van der Waals surface area (Å²) < 4.78 is 4.78. The topological polar surface area (TPSA) is 105 Å². The van der Waals surface area contributed by atoms with Crippen LogP contribution in [0.1, 0.15) is 5.76 Å². The Labute approximate surface area is 153 Å². The highest BCUT2D eigenvalue weighted by molar-refractivity contribution is 6.42. The molecule has 2 N–H and O–H groups in total. The molecule has 2 rings (SSSR count). The number of hydrogen-bond acceptors (Lipinski definition) is 5. The van der Waals surface area contributed by atoms with E-state index in [1.54, 1.807) is 13.0 Å². The maximum absolute atomic E-state index is 12.0.